The van der Waals surface area contributed by atoms with Crippen molar-refractivity contribution in [2.75, 3.05) is 13.2 Å². The number of carbonyl (C=O) groups is 2. The molecule has 0 saturated carbocycles. The van der Waals surface area contributed by atoms with Crippen molar-refractivity contribution in [2.24, 2.45) is 0 Å². The van der Waals surface area contributed by atoms with E-state index in [2.05, 4.69) is 29.4 Å². The van der Waals surface area contributed by atoms with Gasteiger partial charge in [-0.3, -0.25) is 10.2 Å². The topological polar surface area (TPSA) is 76.7 Å². The van der Waals surface area contributed by atoms with Crippen LogP contribution in [0.3, 0.4) is 0 Å². The van der Waals surface area contributed by atoms with E-state index in [0.717, 1.165) is 12.0 Å². The Bertz CT molecular complexity index is 476. The number of ether oxygens (including phenoxy) is 2. The Morgan fingerprint density at radius 2 is 1.90 bits per heavy atom. The molecule has 21 heavy (non-hydrogen) atoms. The largest absolute Gasteiger partial charge is 0.483 e. The van der Waals surface area contributed by atoms with Gasteiger partial charge in [0.1, 0.15) is 5.75 Å². The molecule has 0 bridgehead atoms. The fraction of sp³-hybridized carbons (Fsp3) is 0.467. The van der Waals surface area contributed by atoms with Crippen molar-refractivity contribution in [2.45, 2.75) is 33.1 Å². The molecule has 2 amide bonds. The van der Waals surface area contributed by atoms with Crippen molar-refractivity contribution in [3.05, 3.63) is 29.8 Å². The van der Waals surface area contributed by atoms with Gasteiger partial charge in [-0.2, -0.15) is 0 Å². The van der Waals surface area contributed by atoms with Gasteiger partial charge < -0.3 is 9.47 Å². The third-order valence-corrected chi connectivity index (χ3v) is 3.00. The summed E-state index contributed by atoms with van der Waals surface area (Å²) in [5.41, 5.74) is 5.40. The molecule has 0 heterocycles. The summed E-state index contributed by atoms with van der Waals surface area (Å²) in [6.45, 7) is 5.93. The van der Waals surface area contributed by atoms with Crippen LogP contribution in [-0.4, -0.2) is 25.2 Å². The van der Waals surface area contributed by atoms with Gasteiger partial charge in [0.15, 0.2) is 6.61 Å². The smallest absolute Gasteiger partial charge is 0.426 e. The Balaban J connectivity index is 2.48. The maximum Gasteiger partial charge on any atom is 0.426 e. The third-order valence-electron chi connectivity index (χ3n) is 3.00. The van der Waals surface area contributed by atoms with Gasteiger partial charge in [0.25, 0.3) is 5.91 Å². The zero-order valence-electron chi connectivity index (χ0n) is 12.6. The van der Waals surface area contributed by atoms with Gasteiger partial charge in [0.05, 0.1) is 6.61 Å². The van der Waals surface area contributed by atoms with E-state index in [1.165, 1.54) is 0 Å². The molecule has 6 nitrogen and oxygen atoms in total. The molecule has 1 unspecified atom stereocenters. The van der Waals surface area contributed by atoms with E-state index in [4.69, 9.17) is 4.74 Å². The van der Waals surface area contributed by atoms with Crippen molar-refractivity contribution in [1.29, 1.82) is 0 Å². The molecule has 2 N–H and O–H groups in total. The number of amides is 2. The number of carbonyl (C=O) groups excluding carboxylic acids is 2. The SMILES string of the molecule is CCOC(=O)NNC(=O)COc1ccccc1C(C)CC. The van der Waals surface area contributed by atoms with E-state index >= 15 is 0 Å². The van der Waals surface area contributed by atoms with Gasteiger partial charge in [0.2, 0.25) is 0 Å². The predicted molar refractivity (Wildman–Crippen MR) is 78.9 cm³/mol. The number of hydrogen-bond acceptors (Lipinski definition) is 4. The second-order valence-corrected chi connectivity index (χ2v) is 4.53. The van der Waals surface area contributed by atoms with E-state index < -0.39 is 12.0 Å². The average Bonchev–Trinajstić information content (AvgIpc) is 2.50. The van der Waals surface area contributed by atoms with Crippen molar-refractivity contribution in [3.63, 3.8) is 0 Å². The molecule has 0 fully saturated rings. The zero-order chi connectivity index (χ0) is 15.7. The Labute approximate surface area is 124 Å². The van der Waals surface area contributed by atoms with Crippen LogP contribution in [0, 0.1) is 0 Å². The van der Waals surface area contributed by atoms with Crippen LogP contribution in [0.1, 0.15) is 38.7 Å². The fourth-order valence-corrected chi connectivity index (χ4v) is 1.71. The molecule has 0 aromatic heterocycles. The number of hydrazine groups is 1. The molecule has 0 aliphatic rings. The Hall–Kier alpha value is -2.24. The van der Waals surface area contributed by atoms with E-state index in [-0.39, 0.29) is 13.2 Å². The molecule has 1 aromatic rings. The van der Waals surface area contributed by atoms with Crippen LogP contribution in [0.5, 0.6) is 5.75 Å². The minimum Gasteiger partial charge on any atom is -0.483 e. The third kappa shape index (κ3) is 5.72. The van der Waals surface area contributed by atoms with Crippen LogP contribution in [-0.2, 0) is 9.53 Å². The van der Waals surface area contributed by atoms with Crippen molar-refractivity contribution in [3.8, 4) is 5.75 Å². The molecule has 116 valence electrons. The second-order valence-electron chi connectivity index (χ2n) is 4.53. The molecule has 1 atom stereocenters. The molecular weight excluding hydrogens is 272 g/mol. The first-order valence-electron chi connectivity index (χ1n) is 7.01. The first-order chi connectivity index (χ1) is 10.1. The summed E-state index contributed by atoms with van der Waals surface area (Å²) in [6, 6.07) is 7.61. The maximum absolute atomic E-state index is 11.6. The number of para-hydroxylation sites is 1. The van der Waals surface area contributed by atoms with Crippen LogP contribution in [0.25, 0.3) is 0 Å². The molecule has 1 rings (SSSR count). The van der Waals surface area contributed by atoms with Crippen LogP contribution < -0.4 is 15.6 Å². The second kappa shape index (κ2) is 8.84. The number of benzene rings is 1. The highest BCUT2D eigenvalue weighted by Crippen LogP contribution is 2.28. The highest BCUT2D eigenvalue weighted by Gasteiger charge is 2.11. The van der Waals surface area contributed by atoms with E-state index in [1.807, 2.05) is 24.3 Å². The molecule has 0 aliphatic carbocycles. The van der Waals surface area contributed by atoms with Gasteiger partial charge in [-0.15, -0.1) is 0 Å². The summed E-state index contributed by atoms with van der Waals surface area (Å²) >= 11 is 0. The normalized spacial score (nSPS) is 11.4. The molecule has 0 radical (unpaired) electrons. The van der Waals surface area contributed by atoms with Crippen LogP contribution in [0.15, 0.2) is 24.3 Å². The summed E-state index contributed by atoms with van der Waals surface area (Å²) in [7, 11) is 0. The average molecular weight is 294 g/mol. The van der Waals surface area contributed by atoms with Crippen LogP contribution in [0.2, 0.25) is 0 Å². The summed E-state index contributed by atoms with van der Waals surface area (Å²) in [5.74, 6) is 0.571. The first kappa shape index (κ1) is 16.8. The van der Waals surface area contributed by atoms with Gasteiger partial charge in [-0.05, 0) is 30.9 Å². The minimum absolute atomic E-state index is 0.181. The Morgan fingerprint density at radius 3 is 2.57 bits per heavy atom. The Kier molecular flexibility index (Phi) is 7.08. The summed E-state index contributed by atoms with van der Waals surface area (Å²) in [5, 5.41) is 0. The molecule has 0 spiro atoms. The lowest BCUT2D eigenvalue weighted by molar-refractivity contribution is -0.124. The zero-order valence-corrected chi connectivity index (χ0v) is 12.6. The lowest BCUT2D eigenvalue weighted by atomic mass is 9.98. The molecular formula is C15H22N2O4. The lowest BCUT2D eigenvalue weighted by Gasteiger charge is -2.15. The number of rotatable bonds is 6. The van der Waals surface area contributed by atoms with Crippen molar-refractivity contribution < 1.29 is 19.1 Å². The van der Waals surface area contributed by atoms with Gasteiger partial charge in [0, 0.05) is 0 Å². The highest BCUT2D eigenvalue weighted by molar-refractivity contribution is 5.80. The predicted octanol–water partition coefficient (Wildman–Crippen LogP) is 2.36. The molecule has 0 aliphatic heterocycles. The minimum atomic E-state index is -0.703. The van der Waals surface area contributed by atoms with Crippen molar-refractivity contribution in [1.82, 2.24) is 10.9 Å². The standard InChI is InChI=1S/C15H22N2O4/c1-4-11(3)12-8-6-7-9-13(12)21-10-14(18)16-17-15(19)20-5-2/h6-9,11H,4-5,10H2,1-3H3,(H,16,18)(H,17,19). The van der Waals surface area contributed by atoms with Gasteiger partial charge >= 0.3 is 6.09 Å². The summed E-state index contributed by atoms with van der Waals surface area (Å²) in [6.07, 6.45) is 0.280. The molecule has 0 saturated heterocycles. The van der Waals surface area contributed by atoms with E-state index in [9.17, 15) is 9.59 Å². The highest BCUT2D eigenvalue weighted by atomic mass is 16.6. The summed E-state index contributed by atoms with van der Waals surface area (Å²) in [4.78, 5) is 22.6. The van der Waals surface area contributed by atoms with Gasteiger partial charge in [-0.25, -0.2) is 10.2 Å². The molecule has 6 heteroatoms. The lowest BCUT2D eigenvalue weighted by Crippen LogP contribution is -2.44. The van der Waals surface area contributed by atoms with Gasteiger partial charge in [-0.1, -0.05) is 32.0 Å². The first-order valence-corrected chi connectivity index (χ1v) is 7.01. The summed E-state index contributed by atoms with van der Waals surface area (Å²) < 4.78 is 10.1. The van der Waals surface area contributed by atoms with Crippen LogP contribution in [0.4, 0.5) is 4.79 Å². The van der Waals surface area contributed by atoms with Crippen molar-refractivity contribution >= 4 is 12.0 Å². The number of nitrogens with one attached hydrogen (secondary N) is 2. The van der Waals surface area contributed by atoms with Crippen LogP contribution >= 0.6 is 0 Å². The fourth-order valence-electron chi connectivity index (χ4n) is 1.71. The number of hydrogen-bond donors (Lipinski definition) is 2. The maximum atomic E-state index is 11.6. The monoisotopic (exact) mass is 294 g/mol. The quantitative estimate of drug-likeness (QED) is 0.790. The Morgan fingerprint density at radius 1 is 1.19 bits per heavy atom. The van der Waals surface area contributed by atoms with E-state index in [0.29, 0.717) is 11.7 Å². The molecule has 1 aromatic carbocycles. The van der Waals surface area contributed by atoms with E-state index in [1.54, 1.807) is 6.92 Å².